The van der Waals surface area contributed by atoms with E-state index >= 15 is 0 Å². The fourth-order valence-electron chi connectivity index (χ4n) is 3.09. The standard InChI is InChI=1S/C17H21N3O2/c1-17(2,3)11-6-5-7-12-14(11)19-15(20(12)4)10-8-9-13(21)18-16(10)22/h5-7,10H,8-9H2,1-4H3,(H,18,21,22). The van der Waals surface area contributed by atoms with Crippen molar-refractivity contribution in [1.82, 2.24) is 14.9 Å². The summed E-state index contributed by atoms with van der Waals surface area (Å²) < 4.78 is 1.98. The first-order valence-corrected chi connectivity index (χ1v) is 7.58. The van der Waals surface area contributed by atoms with Crippen molar-refractivity contribution >= 4 is 22.8 Å². The van der Waals surface area contributed by atoms with Crippen LogP contribution >= 0.6 is 0 Å². The smallest absolute Gasteiger partial charge is 0.237 e. The molecule has 1 unspecified atom stereocenters. The highest BCUT2D eigenvalue weighted by Gasteiger charge is 2.32. The minimum atomic E-state index is -0.358. The molecule has 1 aromatic carbocycles. The zero-order chi connectivity index (χ0) is 16.1. The van der Waals surface area contributed by atoms with E-state index in [1.54, 1.807) is 0 Å². The van der Waals surface area contributed by atoms with Crippen molar-refractivity contribution in [3.63, 3.8) is 0 Å². The van der Waals surface area contributed by atoms with Crippen LogP contribution in [0, 0.1) is 0 Å². The normalized spacial score (nSPS) is 19.5. The van der Waals surface area contributed by atoms with Gasteiger partial charge in [0.1, 0.15) is 5.82 Å². The first-order valence-electron chi connectivity index (χ1n) is 7.58. The molecule has 0 aliphatic carbocycles. The van der Waals surface area contributed by atoms with Gasteiger partial charge in [0.05, 0.1) is 17.0 Å². The number of amides is 2. The third-order valence-corrected chi connectivity index (χ3v) is 4.30. The van der Waals surface area contributed by atoms with Gasteiger partial charge in [-0.15, -0.1) is 0 Å². The lowest BCUT2D eigenvalue weighted by atomic mass is 9.86. The number of nitrogens with zero attached hydrogens (tertiary/aromatic N) is 2. The highest BCUT2D eigenvalue weighted by atomic mass is 16.2. The quantitative estimate of drug-likeness (QED) is 0.822. The van der Waals surface area contributed by atoms with Gasteiger partial charge in [-0.25, -0.2) is 4.98 Å². The number of hydrogen-bond acceptors (Lipinski definition) is 3. The van der Waals surface area contributed by atoms with Crippen molar-refractivity contribution in [3.8, 4) is 0 Å². The number of carbonyl (C=O) groups is 2. The Balaban J connectivity index is 2.14. The molecule has 0 bridgehead atoms. The number of para-hydroxylation sites is 1. The molecule has 1 aliphatic rings. The van der Waals surface area contributed by atoms with Crippen molar-refractivity contribution in [2.24, 2.45) is 7.05 Å². The Hall–Kier alpha value is -2.17. The predicted octanol–water partition coefficient (Wildman–Crippen LogP) is 2.39. The first-order chi connectivity index (χ1) is 10.3. The Morgan fingerprint density at radius 3 is 2.64 bits per heavy atom. The minimum Gasteiger partial charge on any atom is -0.330 e. The largest absolute Gasteiger partial charge is 0.330 e. The van der Waals surface area contributed by atoms with Gasteiger partial charge >= 0.3 is 0 Å². The molecule has 5 heteroatoms. The summed E-state index contributed by atoms with van der Waals surface area (Å²) in [6, 6.07) is 6.13. The number of carbonyl (C=O) groups excluding carboxylic acids is 2. The van der Waals surface area contributed by atoms with E-state index in [0.29, 0.717) is 12.8 Å². The maximum atomic E-state index is 12.1. The molecular weight excluding hydrogens is 278 g/mol. The Morgan fingerprint density at radius 2 is 2.00 bits per heavy atom. The zero-order valence-electron chi connectivity index (χ0n) is 13.4. The van der Waals surface area contributed by atoms with Crippen LogP contribution in [0.2, 0.25) is 0 Å². The number of nitrogens with one attached hydrogen (secondary N) is 1. The second kappa shape index (κ2) is 4.93. The molecule has 1 aromatic heterocycles. The van der Waals surface area contributed by atoms with E-state index in [1.165, 1.54) is 5.56 Å². The molecule has 2 heterocycles. The average Bonchev–Trinajstić information content (AvgIpc) is 2.75. The van der Waals surface area contributed by atoms with Gasteiger partial charge in [0.15, 0.2) is 0 Å². The molecule has 1 atom stereocenters. The second-order valence-electron chi connectivity index (χ2n) is 6.96. The van der Waals surface area contributed by atoms with Crippen LogP contribution in [-0.2, 0) is 22.1 Å². The number of piperidine rings is 1. The Morgan fingerprint density at radius 1 is 1.27 bits per heavy atom. The average molecular weight is 299 g/mol. The molecule has 3 rings (SSSR count). The van der Waals surface area contributed by atoms with Gasteiger partial charge in [-0.05, 0) is 23.5 Å². The molecule has 1 saturated heterocycles. The summed E-state index contributed by atoms with van der Waals surface area (Å²) in [7, 11) is 1.93. The third kappa shape index (κ3) is 2.30. The first kappa shape index (κ1) is 14.8. The molecule has 22 heavy (non-hydrogen) atoms. The van der Waals surface area contributed by atoms with Crippen molar-refractivity contribution in [2.75, 3.05) is 0 Å². The molecule has 1 N–H and O–H groups in total. The van der Waals surface area contributed by atoms with E-state index < -0.39 is 0 Å². The SMILES string of the molecule is Cn1c(C2CCC(=O)NC2=O)nc2c(C(C)(C)C)cccc21. The number of benzene rings is 1. The van der Waals surface area contributed by atoms with Gasteiger partial charge in [0, 0.05) is 13.5 Å². The van der Waals surface area contributed by atoms with Crippen LogP contribution in [0.3, 0.4) is 0 Å². The zero-order valence-corrected chi connectivity index (χ0v) is 13.4. The summed E-state index contributed by atoms with van der Waals surface area (Å²) in [4.78, 5) is 28.2. The number of aryl methyl sites for hydroxylation is 1. The fourth-order valence-corrected chi connectivity index (χ4v) is 3.09. The van der Waals surface area contributed by atoms with Crippen LogP contribution in [-0.4, -0.2) is 21.4 Å². The molecular formula is C17H21N3O2. The maximum absolute atomic E-state index is 12.1. The Bertz CT molecular complexity index is 768. The van der Waals surface area contributed by atoms with E-state index in [2.05, 4.69) is 32.2 Å². The molecule has 1 fully saturated rings. The second-order valence-corrected chi connectivity index (χ2v) is 6.96. The van der Waals surface area contributed by atoms with Crippen molar-refractivity contribution in [1.29, 1.82) is 0 Å². The van der Waals surface area contributed by atoms with Crippen LogP contribution in [0.5, 0.6) is 0 Å². The van der Waals surface area contributed by atoms with E-state index in [9.17, 15) is 9.59 Å². The number of imidazole rings is 1. The van der Waals surface area contributed by atoms with Gasteiger partial charge in [0.25, 0.3) is 0 Å². The van der Waals surface area contributed by atoms with Gasteiger partial charge in [0.2, 0.25) is 11.8 Å². The van der Waals surface area contributed by atoms with E-state index in [0.717, 1.165) is 16.9 Å². The summed E-state index contributed by atoms with van der Waals surface area (Å²) >= 11 is 0. The molecule has 1 aliphatic heterocycles. The third-order valence-electron chi connectivity index (χ3n) is 4.30. The highest BCUT2D eigenvalue weighted by molar-refractivity contribution is 6.01. The molecule has 2 amide bonds. The minimum absolute atomic E-state index is 0.0179. The van der Waals surface area contributed by atoms with E-state index in [-0.39, 0.29) is 23.1 Å². The van der Waals surface area contributed by atoms with Crippen LogP contribution in [0.1, 0.15) is 50.9 Å². The molecule has 0 radical (unpaired) electrons. The van der Waals surface area contributed by atoms with E-state index in [4.69, 9.17) is 4.98 Å². The fraction of sp³-hybridized carbons (Fsp3) is 0.471. The Labute approximate surface area is 129 Å². The van der Waals surface area contributed by atoms with Gasteiger partial charge in [-0.3, -0.25) is 14.9 Å². The molecule has 0 saturated carbocycles. The van der Waals surface area contributed by atoms with Crippen LogP contribution in [0.15, 0.2) is 18.2 Å². The number of rotatable bonds is 1. The summed E-state index contributed by atoms with van der Waals surface area (Å²) in [5, 5.41) is 2.41. The monoisotopic (exact) mass is 299 g/mol. The number of hydrogen-bond donors (Lipinski definition) is 1. The van der Waals surface area contributed by atoms with Crippen molar-refractivity contribution in [2.45, 2.75) is 44.9 Å². The van der Waals surface area contributed by atoms with Crippen molar-refractivity contribution in [3.05, 3.63) is 29.6 Å². The molecule has 0 spiro atoms. The predicted molar refractivity (Wildman–Crippen MR) is 84.5 cm³/mol. The topological polar surface area (TPSA) is 64.0 Å². The molecule has 5 nitrogen and oxygen atoms in total. The molecule has 2 aromatic rings. The molecule has 116 valence electrons. The van der Waals surface area contributed by atoms with Crippen LogP contribution in [0.25, 0.3) is 11.0 Å². The number of fused-ring (bicyclic) bond motifs is 1. The number of aromatic nitrogens is 2. The highest BCUT2D eigenvalue weighted by Crippen LogP contribution is 2.32. The number of imide groups is 1. The lowest BCUT2D eigenvalue weighted by Crippen LogP contribution is -2.40. The van der Waals surface area contributed by atoms with Crippen molar-refractivity contribution < 1.29 is 9.59 Å². The van der Waals surface area contributed by atoms with Gasteiger partial charge < -0.3 is 4.57 Å². The lowest BCUT2D eigenvalue weighted by molar-refractivity contribution is -0.134. The summed E-state index contributed by atoms with van der Waals surface area (Å²) in [5.74, 6) is -0.0676. The summed E-state index contributed by atoms with van der Waals surface area (Å²) in [6.45, 7) is 6.46. The summed E-state index contributed by atoms with van der Waals surface area (Å²) in [6.07, 6.45) is 0.887. The van der Waals surface area contributed by atoms with Crippen LogP contribution in [0.4, 0.5) is 0 Å². The van der Waals surface area contributed by atoms with Crippen LogP contribution < -0.4 is 5.32 Å². The van der Waals surface area contributed by atoms with E-state index in [1.807, 2.05) is 23.7 Å². The maximum Gasteiger partial charge on any atom is 0.237 e. The lowest BCUT2D eigenvalue weighted by Gasteiger charge is -2.20. The Kier molecular flexibility index (Phi) is 3.31. The van der Waals surface area contributed by atoms with Gasteiger partial charge in [-0.1, -0.05) is 32.9 Å². The van der Waals surface area contributed by atoms with Gasteiger partial charge in [-0.2, -0.15) is 0 Å². The summed E-state index contributed by atoms with van der Waals surface area (Å²) in [5.41, 5.74) is 3.11.